The maximum atomic E-state index is 11.8. The third-order valence-electron chi connectivity index (χ3n) is 2.77. The van der Waals surface area contributed by atoms with Crippen molar-refractivity contribution in [1.82, 2.24) is 19.8 Å². The number of hydrogen-bond donors (Lipinski definition) is 2. The number of hydrogen-bond acceptors (Lipinski definition) is 6. The smallest absolute Gasteiger partial charge is 0.264 e. The van der Waals surface area contributed by atoms with Crippen LogP contribution in [0.15, 0.2) is 16.1 Å². The highest BCUT2D eigenvalue weighted by atomic mass is 32.2. The van der Waals surface area contributed by atoms with Gasteiger partial charge in [0.05, 0.1) is 17.6 Å². The second-order valence-electron chi connectivity index (χ2n) is 4.66. The number of nitrogens with one attached hydrogen (secondary N) is 1. The lowest BCUT2D eigenvalue weighted by molar-refractivity contribution is -0.115. The number of rotatable bonds is 4. The highest BCUT2D eigenvalue weighted by molar-refractivity contribution is 8.18. The number of aromatic nitrogens is 2. The molecule has 0 aliphatic carbocycles. The average Bonchev–Trinajstić information content (AvgIpc) is 2.87. The second-order valence-corrected chi connectivity index (χ2v) is 5.69. The normalized spacial score (nSPS) is 19.3. The number of amidine groups is 1. The van der Waals surface area contributed by atoms with Crippen molar-refractivity contribution in [2.24, 2.45) is 12.0 Å². The van der Waals surface area contributed by atoms with Crippen molar-refractivity contribution in [3.63, 3.8) is 0 Å². The number of nitrogens with two attached hydrogens (primary N) is 1. The number of thioether (sulfide) groups is 1. The van der Waals surface area contributed by atoms with Crippen molar-refractivity contribution in [3.8, 4) is 0 Å². The molecule has 0 saturated carbocycles. The summed E-state index contributed by atoms with van der Waals surface area (Å²) in [6, 6.07) is 0. The Balaban J connectivity index is 2.07. The van der Waals surface area contributed by atoms with Crippen LogP contribution in [0.5, 0.6) is 0 Å². The van der Waals surface area contributed by atoms with Gasteiger partial charge in [-0.3, -0.25) is 9.79 Å². The first-order valence-corrected chi connectivity index (χ1v) is 6.96. The standard InChI is InChI=1S/C12H18N6OS/c1-17(2)5-4-14-12-16-11(19)8(20-12)6-10-15-7-9(13)18(10)3/h6-7H,4-5,13H2,1-3H3,(H,14,16,19)/b8-6-. The summed E-state index contributed by atoms with van der Waals surface area (Å²) < 4.78 is 1.72. The van der Waals surface area contributed by atoms with Crippen LogP contribution < -0.4 is 11.1 Å². The van der Waals surface area contributed by atoms with E-state index in [4.69, 9.17) is 5.73 Å². The van der Waals surface area contributed by atoms with E-state index in [-0.39, 0.29) is 5.91 Å². The van der Waals surface area contributed by atoms with Gasteiger partial charge in [-0.25, -0.2) is 4.98 Å². The van der Waals surface area contributed by atoms with E-state index in [0.717, 1.165) is 6.54 Å². The van der Waals surface area contributed by atoms with Gasteiger partial charge in [-0.2, -0.15) is 0 Å². The quantitative estimate of drug-likeness (QED) is 0.770. The van der Waals surface area contributed by atoms with Crippen LogP contribution in [0.1, 0.15) is 5.82 Å². The number of nitrogens with zero attached hydrogens (tertiary/aromatic N) is 4. The molecule has 1 fully saturated rings. The largest absolute Gasteiger partial charge is 0.384 e. The summed E-state index contributed by atoms with van der Waals surface area (Å²) in [5.74, 6) is 1.05. The number of nitrogen functional groups attached to an aromatic ring is 1. The molecule has 0 bridgehead atoms. The Morgan fingerprint density at radius 1 is 1.60 bits per heavy atom. The van der Waals surface area contributed by atoms with E-state index in [0.29, 0.717) is 28.3 Å². The molecular formula is C12H18N6OS. The van der Waals surface area contributed by atoms with Gasteiger partial charge < -0.3 is 20.5 Å². The van der Waals surface area contributed by atoms with Gasteiger partial charge in [0.1, 0.15) is 11.6 Å². The number of carbonyl (C=O) groups excluding carboxylic acids is 1. The van der Waals surface area contributed by atoms with E-state index in [1.54, 1.807) is 23.9 Å². The Hall–Kier alpha value is -1.80. The molecule has 2 heterocycles. The van der Waals surface area contributed by atoms with Gasteiger partial charge in [0, 0.05) is 19.7 Å². The minimum Gasteiger partial charge on any atom is -0.384 e. The number of carbonyl (C=O) groups is 1. The lowest BCUT2D eigenvalue weighted by Gasteiger charge is -2.05. The fraction of sp³-hybridized carbons (Fsp3) is 0.417. The van der Waals surface area contributed by atoms with Gasteiger partial charge in [-0.1, -0.05) is 0 Å². The molecule has 1 aromatic rings. The SMILES string of the molecule is CN(C)CCN=C1NC(=O)/C(=C/c2ncc(N)n2C)S1. The molecule has 1 aromatic heterocycles. The summed E-state index contributed by atoms with van der Waals surface area (Å²) in [6.45, 7) is 1.49. The lowest BCUT2D eigenvalue weighted by Crippen LogP contribution is -2.22. The summed E-state index contributed by atoms with van der Waals surface area (Å²) in [5, 5.41) is 3.37. The number of aliphatic imine (C=N–C) groups is 1. The molecular weight excluding hydrogens is 276 g/mol. The minimum atomic E-state index is -0.153. The van der Waals surface area contributed by atoms with Gasteiger partial charge in [0.2, 0.25) is 0 Å². The van der Waals surface area contributed by atoms with Crippen LogP contribution in [-0.2, 0) is 11.8 Å². The fourth-order valence-electron chi connectivity index (χ4n) is 1.54. The Kier molecular flexibility index (Phi) is 4.46. The molecule has 8 heteroatoms. The predicted molar refractivity (Wildman–Crippen MR) is 82.2 cm³/mol. The maximum absolute atomic E-state index is 11.8. The van der Waals surface area contributed by atoms with Crippen molar-refractivity contribution >= 4 is 34.7 Å². The van der Waals surface area contributed by atoms with Crippen molar-refractivity contribution < 1.29 is 4.79 Å². The molecule has 1 amide bonds. The highest BCUT2D eigenvalue weighted by Gasteiger charge is 2.24. The van der Waals surface area contributed by atoms with Crippen LogP contribution in [0.4, 0.5) is 5.82 Å². The zero-order valence-electron chi connectivity index (χ0n) is 11.8. The van der Waals surface area contributed by atoms with Crippen LogP contribution in [-0.4, -0.2) is 52.7 Å². The van der Waals surface area contributed by atoms with E-state index in [1.165, 1.54) is 11.8 Å². The van der Waals surface area contributed by atoms with Crippen LogP contribution in [0.3, 0.4) is 0 Å². The van der Waals surface area contributed by atoms with Crippen LogP contribution >= 0.6 is 11.8 Å². The van der Waals surface area contributed by atoms with Crippen LogP contribution in [0, 0.1) is 0 Å². The van der Waals surface area contributed by atoms with E-state index in [2.05, 4.69) is 15.3 Å². The molecule has 20 heavy (non-hydrogen) atoms. The molecule has 1 aliphatic rings. The molecule has 7 nitrogen and oxygen atoms in total. The number of imidazole rings is 1. The topological polar surface area (TPSA) is 88.5 Å². The van der Waals surface area contributed by atoms with Crippen molar-refractivity contribution in [2.45, 2.75) is 0 Å². The third-order valence-corrected chi connectivity index (χ3v) is 3.72. The first kappa shape index (κ1) is 14.6. The van der Waals surface area contributed by atoms with Crippen molar-refractivity contribution in [1.29, 1.82) is 0 Å². The molecule has 2 rings (SSSR count). The van der Waals surface area contributed by atoms with Gasteiger partial charge in [0.15, 0.2) is 5.17 Å². The highest BCUT2D eigenvalue weighted by Crippen LogP contribution is 2.25. The molecule has 3 N–H and O–H groups in total. The van der Waals surface area contributed by atoms with E-state index < -0.39 is 0 Å². The Morgan fingerprint density at radius 3 is 2.95 bits per heavy atom. The number of likely N-dealkylation sites (N-methyl/N-ethyl adjacent to an activating group) is 1. The van der Waals surface area contributed by atoms with Crippen LogP contribution in [0.25, 0.3) is 6.08 Å². The van der Waals surface area contributed by atoms with Gasteiger partial charge in [-0.15, -0.1) is 0 Å². The molecule has 0 atom stereocenters. The lowest BCUT2D eigenvalue weighted by atomic mass is 10.4. The monoisotopic (exact) mass is 294 g/mol. The molecule has 1 saturated heterocycles. The number of anilines is 1. The zero-order valence-corrected chi connectivity index (χ0v) is 12.6. The Morgan fingerprint density at radius 2 is 2.35 bits per heavy atom. The Labute approximate surface area is 121 Å². The molecule has 0 spiro atoms. The summed E-state index contributed by atoms with van der Waals surface area (Å²) in [5.41, 5.74) is 5.71. The first-order chi connectivity index (χ1) is 9.47. The molecule has 0 radical (unpaired) electrons. The van der Waals surface area contributed by atoms with E-state index >= 15 is 0 Å². The molecule has 0 unspecified atom stereocenters. The average molecular weight is 294 g/mol. The number of amides is 1. The van der Waals surface area contributed by atoms with Gasteiger partial charge >= 0.3 is 0 Å². The predicted octanol–water partition coefficient (Wildman–Crippen LogP) is 0.124. The summed E-state index contributed by atoms with van der Waals surface area (Å²) in [7, 11) is 5.77. The summed E-state index contributed by atoms with van der Waals surface area (Å²) >= 11 is 1.32. The third kappa shape index (κ3) is 3.40. The minimum absolute atomic E-state index is 0.153. The van der Waals surface area contributed by atoms with Gasteiger partial charge in [-0.05, 0) is 25.9 Å². The fourth-order valence-corrected chi connectivity index (χ4v) is 2.36. The molecule has 1 aliphatic heterocycles. The summed E-state index contributed by atoms with van der Waals surface area (Å²) in [4.78, 5) is 22.9. The van der Waals surface area contributed by atoms with Crippen molar-refractivity contribution in [2.75, 3.05) is 32.9 Å². The first-order valence-electron chi connectivity index (χ1n) is 6.14. The molecule has 108 valence electrons. The van der Waals surface area contributed by atoms with Crippen LogP contribution in [0.2, 0.25) is 0 Å². The second kappa shape index (κ2) is 6.10. The van der Waals surface area contributed by atoms with E-state index in [1.807, 2.05) is 19.0 Å². The van der Waals surface area contributed by atoms with Crippen molar-refractivity contribution in [3.05, 3.63) is 16.9 Å². The van der Waals surface area contributed by atoms with E-state index in [9.17, 15) is 4.79 Å². The molecule has 0 aromatic carbocycles. The van der Waals surface area contributed by atoms with Gasteiger partial charge in [0.25, 0.3) is 5.91 Å². The maximum Gasteiger partial charge on any atom is 0.264 e. The summed E-state index contributed by atoms with van der Waals surface area (Å²) in [6.07, 6.45) is 3.28. The zero-order chi connectivity index (χ0) is 14.7. The Bertz CT molecular complexity index is 575.